The third-order valence-corrected chi connectivity index (χ3v) is 11.5. The number of nitrogens with zero attached hydrogens (tertiary/aromatic N) is 2. The van der Waals surface area contributed by atoms with Crippen LogP contribution in [0.2, 0.25) is 5.02 Å². The highest BCUT2D eigenvalue weighted by Crippen LogP contribution is 2.38. The van der Waals surface area contributed by atoms with Gasteiger partial charge in [-0.05, 0) is 67.4 Å². The molecule has 1 fully saturated rings. The number of β-amino-alcohol motifs (C(OH)–C–C–N with tert-alkyl or cyclic N) is 1. The molecule has 0 aromatic heterocycles. The second kappa shape index (κ2) is 12.4. The van der Waals surface area contributed by atoms with E-state index >= 15 is 0 Å². The number of likely N-dealkylation sites (N-methyl/N-ethyl adjacent to an activating group) is 1. The van der Waals surface area contributed by atoms with Crippen LogP contribution in [-0.4, -0.2) is 83.6 Å². The van der Waals surface area contributed by atoms with Crippen molar-refractivity contribution in [2.75, 3.05) is 46.4 Å². The summed E-state index contributed by atoms with van der Waals surface area (Å²) >= 11 is 6.04. The van der Waals surface area contributed by atoms with Crippen molar-refractivity contribution in [2.45, 2.75) is 28.7 Å². The zero-order valence-electron chi connectivity index (χ0n) is 23.3. The Kier molecular flexibility index (Phi) is 9.15. The van der Waals surface area contributed by atoms with Crippen LogP contribution in [0.5, 0.6) is 5.75 Å². The van der Waals surface area contributed by atoms with E-state index in [2.05, 4.69) is 4.72 Å². The molecule has 2 aliphatic rings. The van der Waals surface area contributed by atoms with E-state index < -0.39 is 48.1 Å². The Balaban J connectivity index is 1.46. The summed E-state index contributed by atoms with van der Waals surface area (Å²) in [6.07, 6.45) is -0.379. The molecule has 0 aliphatic carbocycles. The molecule has 14 heteroatoms. The van der Waals surface area contributed by atoms with Crippen molar-refractivity contribution in [3.8, 4) is 16.9 Å². The van der Waals surface area contributed by atoms with Crippen molar-refractivity contribution >= 4 is 31.6 Å². The number of ether oxygens (including phenoxy) is 1. The van der Waals surface area contributed by atoms with Crippen LogP contribution in [0.4, 0.5) is 8.78 Å². The smallest absolute Gasteiger partial charge is 0.245 e. The van der Waals surface area contributed by atoms with Crippen LogP contribution in [0.3, 0.4) is 0 Å². The van der Waals surface area contributed by atoms with Crippen molar-refractivity contribution < 1.29 is 35.5 Å². The highest BCUT2D eigenvalue weighted by Gasteiger charge is 2.41. The van der Waals surface area contributed by atoms with Gasteiger partial charge in [-0.15, -0.1) is 0 Å². The van der Waals surface area contributed by atoms with Gasteiger partial charge in [-0.1, -0.05) is 29.8 Å². The minimum Gasteiger partial charge on any atom is -0.492 e. The number of sulfonamides is 2. The van der Waals surface area contributed by atoms with Gasteiger partial charge in [-0.3, -0.25) is 0 Å². The molecule has 1 unspecified atom stereocenters. The van der Waals surface area contributed by atoms with Gasteiger partial charge in [0.2, 0.25) is 20.0 Å². The predicted molar refractivity (Wildman–Crippen MR) is 158 cm³/mol. The molecule has 1 atom stereocenters. The van der Waals surface area contributed by atoms with E-state index in [0.717, 1.165) is 17.7 Å². The second-order valence-electron chi connectivity index (χ2n) is 11.1. The Morgan fingerprint density at radius 3 is 2.37 bits per heavy atom. The van der Waals surface area contributed by atoms with Crippen molar-refractivity contribution in [3.63, 3.8) is 0 Å². The fourth-order valence-electron chi connectivity index (χ4n) is 5.61. The summed E-state index contributed by atoms with van der Waals surface area (Å²) in [5, 5.41) is 11.2. The topological polar surface area (TPSA) is 116 Å². The Labute approximate surface area is 255 Å². The number of halogens is 3. The number of fused-ring (bicyclic) bond motifs is 1. The van der Waals surface area contributed by atoms with Crippen molar-refractivity contribution in [1.29, 1.82) is 0 Å². The molecule has 0 bridgehead atoms. The fourth-order valence-corrected chi connectivity index (χ4v) is 8.42. The highest BCUT2D eigenvalue weighted by molar-refractivity contribution is 7.89. The van der Waals surface area contributed by atoms with Crippen molar-refractivity contribution in [1.82, 2.24) is 13.9 Å². The average molecular weight is 656 g/mol. The molecule has 3 aromatic carbocycles. The lowest BCUT2D eigenvalue weighted by Crippen LogP contribution is -2.51. The minimum atomic E-state index is -4.23. The van der Waals surface area contributed by atoms with E-state index in [1.807, 2.05) is 4.90 Å². The van der Waals surface area contributed by atoms with E-state index in [4.69, 9.17) is 16.3 Å². The van der Waals surface area contributed by atoms with Crippen LogP contribution in [0.25, 0.3) is 11.1 Å². The number of nitrogens with one attached hydrogen (secondary N) is 1. The summed E-state index contributed by atoms with van der Waals surface area (Å²) in [7, 11) is -6.50. The van der Waals surface area contributed by atoms with Crippen molar-refractivity contribution in [3.05, 3.63) is 77.3 Å². The first-order chi connectivity index (χ1) is 20.3. The maximum Gasteiger partial charge on any atom is 0.245 e. The van der Waals surface area contributed by atoms with Crippen molar-refractivity contribution in [2.24, 2.45) is 5.41 Å². The monoisotopic (exact) mass is 655 g/mol. The van der Waals surface area contributed by atoms with Crippen LogP contribution < -0.4 is 9.46 Å². The third-order valence-electron chi connectivity index (χ3n) is 7.88. The number of hydrogen-bond acceptors (Lipinski definition) is 7. The zero-order chi connectivity index (χ0) is 31.0. The number of aliphatic hydroxyl groups excluding tert-OH is 1. The van der Waals surface area contributed by atoms with Gasteiger partial charge in [0, 0.05) is 49.2 Å². The van der Waals surface area contributed by atoms with Gasteiger partial charge in [-0.25, -0.2) is 30.3 Å². The summed E-state index contributed by atoms with van der Waals surface area (Å²) in [6, 6.07) is 14.2. The van der Waals surface area contributed by atoms with Crippen LogP contribution in [0, 0.1) is 17.0 Å². The number of piperidine rings is 1. The summed E-state index contributed by atoms with van der Waals surface area (Å²) in [5.74, 6) is -1.92. The molecular formula is C29H32ClF2N3O6S2. The molecule has 232 valence electrons. The summed E-state index contributed by atoms with van der Waals surface area (Å²) in [6.45, 7) is 0.496. The highest BCUT2D eigenvalue weighted by atomic mass is 35.5. The quantitative estimate of drug-likeness (QED) is 0.442. The molecule has 9 nitrogen and oxygen atoms in total. The molecule has 1 saturated heterocycles. The Morgan fingerprint density at radius 1 is 1.02 bits per heavy atom. The summed E-state index contributed by atoms with van der Waals surface area (Å²) in [4.78, 5) is 1.17. The normalized spacial score (nSPS) is 21.7. The van der Waals surface area contributed by atoms with Crippen LogP contribution >= 0.6 is 11.6 Å². The molecule has 5 rings (SSSR count). The number of rotatable bonds is 3. The van der Waals surface area contributed by atoms with Gasteiger partial charge in [-0.2, -0.15) is 4.31 Å². The van der Waals surface area contributed by atoms with E-state index in [-0.39, 0.29) is 43.4 Å². The van der Waals surface area contributed by atoms with E-state index in [9.17, 15) is 30.7 Å². The van der Waals surface area contributed by atoms with Crippen LogP contribution in [0.1, 0.15) is 12.8 Å². The number of hydrogen-bond donors (Lipinski definition) is 2. The molecule has 43 heavy (non-hydrogen) atoms. The second-order valence-corrected chi connectivity index (χ2v) is 15.2. The van der Waals surface area contributed by atoms with E-state index in [1.165, 1.54) is 10.4 Å². The maximum atomic E-state index is 14.4. The zero-order valence-corrected chi connectivity index (χ0v) is 25.7. The molecule has 0 amide bonds. The molecule has 2 aliphatic heterocycles. The van der Waals surface area contributed by atoms with Gasteiger partial charge in [0.25, 0.3) is 0 Å². The lowest BCUT2D eigenvalue weighted by molar-refractivity contribution is 0.0318. The van der Waals surface area contributed by atoms with Crippen LogP contribution in [0.15, 0.2) is 70.5 Å². The maximum absolute atomic E-state index is 14.4. The standard InChI is InChI=1S/C29H32ClF2N3O6S2/c1-34-17-24(36)16-33-42(37,38)28-8-4-21(20-2-5-22(30)6-3-20)14-26(28)41-19-29(18-34)10-12-35(13-11-29)43(39,40)27-9-7-23(31)15-25(27)32/h2-9,14-15,24,33,36H,10-13,16-19H2,1H3. The largest absolute Gasteiger partial charge is 0.492 e. The Morgan fingerprint density at radius 2 is 1.70 bits per heavy atom. The number of aliphatic hydroxyl groups is 1. The minimum absolute atomic E-state index is 0.0381. The van der Waals surface area contributed by atoms with Crippen LogP contribution in [-0.2, 0) is 20.0 Å². The fraction of sp³-hybridized carbons (Fsp3) is 0.379. The summed E-state index contributed by atoms with van der Waals surface area (Å²) < 4.78 is 90.8. The first kappa shape index (κ1) is 31.8. The lowest BCUT2D eigenvalue weighted by atomic mass is 9.79. The molecular weight excluding hydrogens is 624 g/mol. The van der Waals surface area contributed by atoms with Gasteiger partial charge in [0.05, 0.1) is 12.7 Å². The third kappa shape index (κ3) is 7.03. The first-order valence-corrected chi connectivity index (χ1v) is 16.9. The lowest BCUT2D eigenvalue weighted by Gasteiger charge is -2.43. The first-order valence-electron chi connectivity index (χ1n) is 13.6. The molecule has 1 spiro atoms. The molecule has 0 radical (unpaired) electrons. The Bertz CT molecular complexity index is 1700. The van der Waals surface area contributed by atoms with E-state index in [0.29, 0.717) is 36.0 Å². The van der Waals surface area contributed by atoms with Gasteiger partial charge in [0.15, 0.2) is 0 Å². The Hall–Kier alpha value is -2.65. The molecule has 2 heterocycles. The number of benzene rings is 3. The van der Waals surface area contributed by atoms with Gasteiger partial charge < -0.3 is 14.7 Å². The molecule has 3 aromatic rings. The summed E-state index contributed by atoms with van der Waals surface area (Å²) in [5.41, 5.74) is 0.862. The average Bonchev–Trinajstić information content (AvgIpc) is 2.95. The predicted octanol–water partition coefficient (Wildman–Crippen LogP) is 3.72. The SMILES string of the molecule is CN1CC(O)CNS(=O)(=O)c2ccc(-c3ccc(Cl)cc3)cc2OCC2(CCN(S(=O)(=O)c3ccc(F)cc3F)CC2)C1. The van der Waals surface area contributed by atoms with Gasteiger partial charge in [0.1, 0.15) is 27.2 Å². The van der Waals surface area contributed by atoms with E-state index in [1.54, 1.807) is 43.4 Å². The van der Waals surface area contributed by atoms with Gasteiger partial charge >= 0.3 is 0 Å². The molecule has 0 saturated carbocycles. The molecule has 2 N–H and O–H groups in total.